The number of nitrogens with zero attached hydrogens (tertiary/aromatic N) is 5. The smallest absolute Gasteiger partial charge is 0.290 e. The second kappa shape index (κ2) is 14.8. The van der Waals surface area contributed by atoms with Gasteiger partial charge >= 0.3 is 0 Å². The molecule has 15 heteroatoms. The van der Waals surface area contributed by atoms with Crippen LogP contribution in [0, 0.1) is 5.92 Å². The molecule has 45 heavy (non-hydrogen) atoms. The van der Waals surface area contributed by atoms with Gasteiger partial charge in [-0.2, -0.15) is 5.10 Å². The molecule has 5 rings (SSSR count). The van der Waals surface area contributed by atoms with Crippen LogP contribution in [0.3, 0.4) is 0 Å². The first-order valence-electron chi connectivity index (χ1n) is 14.2. The predicted molar refractivity (Wildman–Crippen MR) is 163 cm³/mol. The van der Waals surface area contributed by atoms with E-state index in [1.165, 1.54) is 27.6 Å². The quantitative estimate of drug-likeness (QED) is 0.402. The summed E-state index contributed by atoms with van der Waals surface area (Å²) in [5, 5.41) is 14.4. The molecule has 0 spiro atoms. The van der Waals surface area contributed by atoms with Crippen molar-refractivity contribution in [1.82, 2.24) is 29.5 Å². The van der Waals surface area contributed by atoms with E-state index in [2.05, 4.69) is 10.4 Å². The third kappa shape index (κ3) is 7.63. The summed E-state index contributed by atoms with van der Waals surface area (Å²) in [7, 11) is 4.82. The van der Waals surface area contributed by atoms with E-state index in [9.17, 15) is 19.2 Å². The van der Waals surface area contributed by atoms with Crippen LogP contribution in [0.1, 0.15) is 38.7 Å². The van der Waals surface area contributed by atoms with Crippen LogP contribution in [0.4, 0.5) is 0 Å². The molecule has 2 bridgehead atoms. The van der Waals surface area contributed by atoms with E-state index in [1.807, 2.05) is 12.1 Å². The number of carboxylic acid groups (broad SMARTS) is 1. The molecule has 2 aliphatic rings. The molecule has 2 N–H and O–H groups in total. The Bertz CT molecular complexity index is 1620. The molecule has 2 atom stereocenters. The standard InChI is InChI=1S/C29H33ClN6O6.CH2O2/c1-33-14-19(6-8-25(33)37)28(39)35-10-4-9-31-27(38)21-16-36(29(40)26-22(30)17-34(2)32-26)15-20(21)18-5-7-23(41-3)24(13-18)42-12-11-35;2-1-3/h5-8,13-14,17,20-21H,4,9-12,15-16H2,1-3H3,(H,31,38);1H,(H,2,3)/t20-,21+;/m1./s1. The van der Waals surface area contributed by atoms with Crippen LogP contribution in [0.5, 0.6) is 11.5 Å². The fourth-order valence-corrected chi connectivity index (χ4v) is 5.72. The summed E-state index contributed by atoms with van der Waals surface area (Å²) in [5.41, 5.74) is 1.14. The van der Waals surface area contributed by atoms with Gasteiger partial charge in [-0.3, -0.25) is 28.7 Å². The molecule has 2 aliphatic heterocycles. The van der Waals surface area contributed by atoms with Gasteiger partial charge in [0, 0.05) is 64.7 Å². The Hall–Kier alpha value is -4.85. The van der Waals surface area contributed by atoms with Crippen molar-refractivity contribution < 1.29 is 33.8 Å². The lowest BCUT2D eigenvalue weighted by atomic mass is 9.88. The second-order valence-electron chi connectivity index (χ2n) is 10.6. The van der Waals surface area contributed by atoms with Crippen molar-refractivity contribution in [3.05, 3.63) is 74.9 Å². The third-order valence-corrected chi connectivity index (χ3v) is 7.97. The first kappa shape index (κ1) is 33.1. The monoisotopic (exact) mass is 642 g/mol. The number of benzene rings is 1. The van der Waals surface area contributed by atoms with Crippen LogP contribution in [0.2, 0.25) is 5.02 Å². The van der Waals surface area contributed by atoms with Crippen molar-refractivity contribution in [3.8, 4) is 11.5 Å². The van der Waals surface area contributed by atoms with Crippen LogP contribution in [-0.2, 0) is 23.7 Å². The van der Waals surface area contributed by atoms with Crippen LogP contribution in [-0.4, -0.2) is 99.9 Å². The van der Waals surface area contributed by atoms with Crippen LogP contribution < -0.4 is 20.3 Å². The molecule has 240 valence electrons. The van der Waals surface area contributed by atoms with E-state index in [-0.39, 0.29) is 66.1 Å². The highest BCUT2D eigenvalue weighted by Crippen LogP contribution is 2.38. The highest BCUT2D eigenvalue weighted by Gasteiger charge is 2.41. The van der Waals surface area contributed by atoms with Gasteiger partial charge in [-0.1, -0.05) is 17.7 Å². The number of ether oxygens (including phenoxy) is 2. The van der Waals surface area contributed by atoms with Crippen LogP contribution >= 0.6 is 11.6 Å². The van der Waals surface area contributed by atoms with Crippen molar-refractivity contribution in [2.75, 3.05) is 46.4 Å². The van der Waals surface area contributed by atoms with Crippen molar-refractivity contribution in [2.45, 2.75) is 12.3 Å². The summed E-state index contributed by atoms with van der Waals surface area (Å²) in [6.45, 7) is 1.43. The lowest BCUT2D eigenvalue weighted by Gasteiger charge is -2.25. The van der Waals surface area contributed by atoms with Crippen LogP contribution in [0.25, 0.3) is 0 Å². The summed E-state index contributed by atoms with van der Waals surface area (Å²) >= 11 is 6.25. The number of aryl methyl sites for hydroxylation is 2. The lowest BCUT2D eigenvalue weighted by molar-refractivity contribution is -0.125. The van der Waals surface area contributed by atoms with E-state index >= 15 is 0 Å². The molecule has 1 fully saturated rings. The maximum atomic E-state index is 13.5. The number of methoxy groups -OCH3 is 1. The summed E-state index contributed by atoms with van der Waals surface area (Å²) in [6, 6.07) is 8.35. The zero-order chi connectivity index (χ0) is 32.7. The zero-order valence-corrected chi connectivity index (χ0v) is 25.9. The van der Waals surface area contributed by atoms with E-state index < -0.39 is 5.92 Å². The maximum absolute atomic E-state index is 13.5. The third-order valence-electron chi connectivity index (χ3n) is 7.69. The van der Waals surface area contributed by atoms with Gasteiger partial charge in [-0.15, -0.1) is 0 Å². The van der Waals surface area contributed by atoms with Gasteiger partial charge in [-0.05, 0) is 30.2 Å². The van der Waals surface area contributed by atoms with E-state index in [0.29, 0.717) is 43.1 Å². The molecule has 0 unspecified atom stereocenters. The Morgan fingerprint density at radius 2 is 1.80 bits per heavy atom. The molecule has 0 radical (unpaired) electrons. The van der Waals surface area contributed by atoms with Crippen molar-refractivity contribution in [1.29, 1.82) is 0 Å². The first-order valence-corrected chi connectivity index (χ1v) is 14.6. The molecule has 3 aromatic rings. The number of halogens is 1. The predicted octanol–water partition coefficient (Wildman–Crippen LogP) is 1.38. The molecule has 14 nitrogen and oxygen atoms in total. The van der Waals surface area contributed by atoms with Crippen molar-refractivity contribution in [2.24, 2.45) is 20.0 Å². The molecular weight excluding hydrogens is 608 g/mol. The molecule has 2 aromatic heterocycles. The largest absolute Gasteiger partial charge is 0.493 e. The van der Waals surface area contributed by atoms with E-state index in [0.717, 1.165) is 5.56 Å². The average molecular weight is 643 g/mol. The van der Waals surface area contributed by atoms with Gasteiger partial charge < -0.3 is 34.3 Å². The number of pyridine rings is 1. The molecule has 4 heterocycles. The minimum Gasteiger partial charge on any atom is -0.493 e. The van der Waals surface area contributed by atoms with E-state index in [1.54, 1.807) is 43.3 Å². The Kier molecular flexibility index (Phi) is 10.8. The van der Waals surface area contributed by atoms with Gasteiger partial charge in [0.15, 0.2) is 17.2 Å². The minimum absolute atomic E-state index is 0.145. The molecule has 1 saturated heterocycles. The fraction of sp³-hybridized carbons (Fsp3) is 0.400. The number of carbonyl (C=O) groups is 4. The second-order valence-corrected chi connectivity index (χ2v) is 11.0. The maximum Gasteiger partial charge on any atom is 0.290 e. The average Bonchev–Trinajstić information content (AvgIpc) is 3.62. The molecular formula is C30H35ClN6O8. The number of aromatic nitrogens is 3. The number of carbonyl (C=O) groups excluding carboxylic acids is 3. The Balaban J connectivity index is 0.00000148. The fourth-order valence-electron chi connectivity index (χ4n) is 5.46. The lowest BCUT2D eigenvalue weighted by Crippen LogP contribution is -2.39. The van der Waals surface area contributed by atoms with Crippen LogP contribution in [0.15, 0.2) is 47.5 Å². The summed E-state index contributed by atoms with van der Waals surface area (Å²) in [5.74, 6) is -0.608. The van der Waals surface area contributed by atoms with Gasteiger partial charge in [0.25, 0.3) is 18.3 Å². The number of hydrogen-bond acceptors (Lipinski definition) is 8. The molecule has 0 saturated carbocycles. The minimum atomic E-state index is -0.524. The number of amides is 3. The number of fused-ring (bicyclic) bond motifs is 4. The highest BCUT2D eigenvalue weighted by molar-refractivity contribution is 6.33. The van der Waals surface area contributed by atoms with Gasteiger partial charge in [0.05, 0.1) is 30.2 Å². The Morgan fingerprint density at radius 3 is 2.47 bits per heavy atom. The van der Waals surface area contributed by atoms with Crippen molar-refractivity contribution >= 4 is 35.8 Å². The molecule has 0 aliphatic carbocycles. The van der Waals surface area contributed by atoms with Crippen molar-refractivity contribution in [3.63, 3.8) is 0 Å². The van der Waals surface area contributed by atoms with Gasteiger partial charge in [0.2, 0.25) is 11.5 Å². The van der Waals surface area contributed by atoms with E-state index in [4.69, 9.17) is 31.0 Å². The Morgan fingerprint density at radius 1 is 1.07 bits per heavy atom. The summed E-state index contributed by atoms with van der Waals surface area (Å²) in [6.07, 6.45) is 3.58. The highest BCUT2D eigenvalue weighted by atomic mass is 35.5. The number of likely N-dealkylation sites (tertiary alicyclic amines) is 1. The summed E-state index contributed by atoms with van der Waals surface area (Å²) in [4.78, 5) is 63.6. The van der Waals surface area contributed by atoms with Gasteiger partial charge in [-0.25, -0.2) is 0 Å². The number of nitrogens with one attached hydrogen (secondary N) is 1. The van der Waals surface area contributed by atoms with Gasteiger partial charge in [0.1, 0.15) is 6.61 Å². The topological polar surface area (TPSA) is 165 Å². The number of hydrogen-bond donors (Lipinski definition) is 2. The molecule has 3 amide bonds. The number of rotatable bonds is 3. The first-order chi connectivity index (χ1) is 21.6. The molecule has 1 aromatic carbocycles. The SMILES string of the molecule is COc1ccc2cc1OCCN(C(=O)c1ccc(=O)n(C)c1)CCCNC(=O)[C@H]1CN(C(=O)c3nn(C)cc3Cl)C[C@H]21.O=CO. The zero-order valence-electron chi connectivity index (χ0n) is 25.1. The Labute approximate surface area is 264 Å². The normalized spacial score (nSPS) is 18.4. The summed E-state index contributed by atoms with van der Waals surface area (Å²) < 4.78 is 14.5.